The maximum Gasteiger partial charge on any atom is 0.335 e. The van der Waals surface area contributed by atoms with Gasteiger partial charge in [-0.05, 0) is 31.0 Å². The molecule has 1 N–H and O–H groups in total. The van der Waals surface area contributed by atoms with Crippen LogP contribution in [-0.2, 0) is 15.6 Å². The highest BCUT2D eigenvalue weighted by Gasteiger charge is 2.30. The van der Waals surface area contributed by atoms with E-state index in [1.165, 1.54) is 18.2 Å². The van der Waals surface area contributed by atoms with Gasteiger partial charge in [-0.1, -0.05) is 11.2 Å². The summed E-state index contributed by atoms with van der Waals surface area (Å²) in [5.74, 6) is -0.768. The summed E-state index contributed by atoms with van der Waals surface area (Å²) in [5, 5.41) is 12.6. The zero-order valence-corrected chi connectivity index (χ0v) is 11.7. The number of carboxylic acids is 1. The van der Waals surface area contributed by atoms with Crippen molar-refractivity contribution in [2.75, 3.05) is 0 Å². The van der Waals surface area contributed by atoms with Crippen molar-refractivity contribution in [1.82, 2.24) is 10.1 Å². The summed E-state index contributed by atoms with van der Waals surface area (Å²) in [7, 11) is -3.71. The Kier molecular flexibility index (Phi) is 3.25. The zero-order chi connectivity index (χ0) is 15.0. The summed E-state index contributed by atoms with van der Waals surface area (Å²) >= 11 is 0. The first kappa shape index (κ1) is 13.7. The molecule has 1 aromatic heterocycles. The number of aromatic nitrogens is 2. The van der Waals surface area contributed by atoms with Crippen molar-refractivity contribution in [3.8, 4) is 0 Å². The largest absolute Gasteiger partial charge is 0.478 e. The molecule has 1 saturated carbocycles. The quantitative estimate of drug-likeness (QED) is 0.893. The van der Waals surface area contributed by atoms with E-state index < -0.39 is 21.6 Å². The van der Waals surface area contributed by atoms with Gasteiger partial charge in [0.25, 0.3) is 0 Å². The molecule has 0 spiro atoms. The second-order valence-electron chi connectivity index (χ2n) is 4.92. The van der Waals surface area contributed by atoms with E-state index in [1.54, 1.807) is 0 Å². The Morgan fingerprint density at radius 2 is 2.14 bits per heavy atom. The highest BCUT2D eigenvalue weighted by atomic mass is 32.2. The van der Waals surface area contributed by atoms with Crippen molar-refractivity contribution >= 4 is 15.8 Å². The molecule has 8 heteroatoms. The van der Waals surface area contributed by atoms with Crippen LogP contribution in [0.5, 0.6) is 0 Å². The lowest BCUT2D eigenvalue weighted by atomic mass is 10.2. The van der Waals surface area contributed by atoms with Crippen LogP contribution in [0.4, 0.5) is 0 Å². The molecule has 1 aromatic carbocycles. The van der Waals surface area contributed by atoms with Crippen molar-refractivity contribution in [2.24, 2.45) is 0 Å². The molecule has 0 aliphatic heterocycles. The molecule has 0 saturated heterocycles. The highest BCUT2D eigenvalue weighted by Crippen LogP contribution is 2.38. The Morgan fingerprint density at radius 3 is 2.81 bits per heavy atom. The first-order valence-corrected chi connectivity index (χ1v) is 7.99. The standard InChI is InChI=1S/C13H12N2O5S/c16-13(17)9-2-1-3-10(6-9)21(18,19)7-11-14-12(20-15-11)8-4-5-8/h1-3,6,8H,4-5,7H2,(H,16,17). The van der Waals surface area contributed by atoms with Crippen molar-refractivity contribution in [2.45, 2.75) is 29.4 Å². The van der Waals surface area contributed by atoms with Gasteiger partial charge >= 0.3 is 5.97 Å². The number of carboxylic acid groups (broad SMARTS) is 1. The molecule has 0 unspecified atom stereocenters. The van der Waals surface area contributed by atoms with Gasteiger partial charge in [-0.25, -0.2) is 13.2 Å². The third kappa shape index (κ3) is 2.94. The lowest BCUT2D eigenvalue weighted by Crippen LogP contribution is -2.08. The molecule has 3 rings (SSSR count). The number of carbonyl (C=O) groups is 1. The number of aromatic carboxylic acids is 1. The first-order valence-electron chi connectivity index (χ1n) is 6.34. The summed E-state index contributed by atoms with van der Waals surface area (Å²) in [6, 6.07) is 5.20. The number of rotatable bonds is 5. The van der Waals surface area contributed by atoms with Crippen LogP contribution in [0.25, 0.3) is 0 Å². The molecule has 1 fully saturated rings. The minimum atomic E-state index is -3.71. The monoisotopic (exact) mass is 308 g/mol. The topological polar surface area (TPSA) is 110 Å². The van der Waals surface area contributed by atoms with Crippen LogP contribution in [0.15, 0.2) is 33.7 Å². The number of benzene rings is 1. The van der Waals surface area contributed by atoms with E-state index in [4.69, 9.17) is 9.63 Å². The van der Waals surface area contributed by atoms with E-state index in [0.29, 0.717) is 5.89 Å². The molecule has 0 bridgehead atoms. The van der Waals surface area contributed by atoms with E-state index in [9.17, 15) is 13.2 Å². The highest BCUT2D eigenvalue weighted by molar-refractivity contribution is 7.90. The van der Waals surface area contributed by atoms with Gasteiger partial charge in [0.2, 0.25) is 5.89 Å². The molecule has 1 aliphatic carbocycles. The molecule has 21 heavy (non-hydrogen) atoms. The van der Waals surface area contributed by atoms with Crippen molar-refractivity contribution < 1.29 is 22.8 Å². The Hall–Kier alpha value is -2.22. The predicted octanol–water partition coefficient (Wildman–Crippen LogP) is 1.62. The smallest absolute Gasteiger partial charge is 0.335 e. The van der Waals surface area contributed by atoms with Gasteiger partial charge in [0.1, 0.15) is 5.75 Å². The molecule has 0 amide bonds. The third-order valence-corrected chi connectivity index (χ3v) is 4.78. The van der Waals surface area contributed by atoms with Crippen LogP contribution >= 0.6 is 0 Å². The summed E-state index contributed by atoms with van der Waals surface area (Å²) in [4.78, 5) is 14.9. The van der Waals surface area contributed by atoms with E-state index >= 15 is 0 Å². The summed E-state index contributed by atoms with van der Waals surface area (Å²) < 4.78 is 29.5. The number of sulfone groups is 1. The average molecular weight is 308 g/mol. The Bertz CT molecular complexity index is 792. The fourth-order valence-corrected chi connectivity index (χ4v) is 3.11. The Balaban J connectivity index is 1.85. The van der Waals surface area contributed by atoms with Crippen molar-refractivity contribution in [3.63, 3.8) is 0 Å². The van der Waals surface area contributed by atoms with Crippen LogP contribution < -0.4 is 0 Å². The summed E-state index contributed by atoms with van der Waals surface area (Å²) in [5.41, 5.74) is -0.0807. The predicted molar refractivity (Wildman–Crippen MR) is 70.6 cm³/mol. The second kappa shape index (κ2) is 4.96. The van der Waals surface area contributed by atoms with E-state index in [1.807, 2.05) is 0 Å². The number of hydrogen-bond donors (Lipinski definition) is 1. The lowest BCUT2D eigenvalue weighted by molar-refractivity contribution is 0.0696. The molecule has 1 heterocycles. The van der Waals surface area contributed by atoms with Crippen molar-refractivity contribution in [3.05, 3.63) is 41.5 Å². The number of hydrogen-bond acceptors (Lipinski definition) is 6. The van der Waals surface area contributed by atoms with Crippen molar-refractivity contribution in [1.29, 1.82) is 0 Å². The normalized spacial score (nSPS) is 15.0. The van der Waals surface area contributed by atoms with E-state index in [-0.39, 0.29) is 22.2 Å². The van der Waals surface area contributed by atoms with Gasteiger partial charge < -0.3 is 9.63 Å². The van der Waals surface area contributed by atoms with Crippen LogP contribution in [0.2, 0.25) is 0 Å². The van der Waals surface area contributed by atoms with Gasteiger partial charge in [0.15, 0.2) is 15.7 Å². The van der Waals surface area contributed by atoms with Crippen LogP contribution in [0.1, 0.15) is 40.8 Å². The van der Waals surface area contributed by atoms with Gasteiger partial charge in [-0.15, -0.1) is 0 Å². The third-order valence-electron chi connectivity index (χ3n) is 3.17. The zero-order valence-electron chi connectivity index (χ0n) is 10.9. The maximum atomic E-state index is 12.3. The van der Waals surface area contributed by atoms with Gasteiger partial charge in [-0.3, -0.25) is 0 Å². The number of nitrogens with zero attached hydrogens (tertiary/aromatic N) is 2. The van der Waals surface area contributed by atoms with Gasteiger partial charge in [0, 0.05) is 5.92 Å². The fourth-order valence-electron chi connectivity index (χ4n) is 1.90. The Labute approximate surface area is 120 Å². The Morgan fingerprint density at radius 1 is 1.38 bits per heavy atom. The van der Waals surface area contributed by atoms with Gasteiger partial charge in [0.05, 0.1) is 10.5 Å². The molecular formula is C13H12N2O5S. The van der Waals surface area contributed by atoms with E-state index in [2.05, 4.69) is 10.1 Å². The lowest BCUT2D eigenvalue weighted by Gasteiger charge is -2.02. The van der Waals surface area contributed by atoms with Crippen LogP contribution in [-0.4, -0.2) is 29.6 Å². The summed E-state index contributed by atoms with van der Waals surface area (Å²) in [6.07, 6.45) is 1.96. The molecule has 2 aromatic rings. The molecular weight excluding hydrogens is 296 g/mol. The molecule has 0 atom stereocenters. The molecule has 1 aliphatic rings. The minimum absolute atomic E-state index is 0.0693. The van der Waals surface area contributed by atoms with Gasteiger partial charge in [-0.2, -0.15) is 4.98 Å². The SMILES string of the molecule is O=C(O)c1cccc(S(=O)(=O)Cc2noc(C3CC3)n2)c1. The maximum absolute atomic E-state index is 12.3. The molecule has 0 radical (unpaired) electrons. The van der Waals surface area contributed by atoms with Crippen LogP contribution in [0, 0.1) is 0 Å². The average Bonchev–Trinajstić information content (AvgIpc) is 3.20. The van der Waals surface area contributed by atoms with Crippen LogP contribution in [0.3, 0.4) is 0 Å². The minimum Gasteiger partial charge on any atom is -0.478 e. The second-order valence-corrected chi connectivity index (χ2v) is 6.90. The molecule has 110 valence electrons. The van der Waals surface area contributed by atoms with E-state index in [0.717, 1.165) is 18.9 Å². The fraction of sp³-hybridized carbons (Fsp3) is 0.308. The molecule has 7 nitrogen and oxygen atoms in total. The first-order chi connectivity index (χ1) is 9.95. The summed E-state index contributed by atoms with van der Waals surface area (Å²) in [6.45, 7) is 0.